The van der Waals surface area contributed by atoms with Gasteiger partial charge in [-0.1, -0.05) is 46.4 Å². The number of hydrogen-bond acceptors (Lipinski definition) is 12. The van der Waals surface area contributed by atoms with Crippen molar-refractivity contribution in [3.63, 3.8) is 0 Å². The lowest BCUT2D eigenvalue weighted by Crippen LogP contribution is -2.41. The molecule has 2 aliphatic rings. The summed E-state index contributed by atoms with van der Waals surface area (Å²) in [6.45, 7) is 3.20. The average Bonchev–Trinajstić information content (AvgIpc) is 3.92. The molecule has 2 saturated heterocycles. The van der Waals surface area contributed by atoms with Gasteiger partial charge in [-0.2, -0.15) is 13.2 Å². The van der Waals surface area contributed by atoms with Crippen molar-refractivity contribution >= 4 is 64.2 Å². The number of nitrogens with one attached hydrogen (secondary N) is 1. The number of benzene rings is 4. The SMILES string of the molecule is NC1CCN(CC(O)COc2ccc(Cl)c(F)c2)C1.O=C(COc1ccc(Cl)c(F)c1)NC1CCN(CC(O)COc2ccc(Cl)c(F)c2)C1.O=C(O)C(F)(F)F.O=C(O)COc1ccc(Cl)c(F)c1. The molecule has 6 rings (SSSR count). The summed E-state index contributed by atoms with van der Waals surface area (Å²) in [4.78, 5) is 35.2. The number of halogens is 11. The van der Waals surface area contributed by atoms with Crippen molar-refractivity contribution in [3.8, 4) is 23.0 Å². The van der Waals surface area contributed by atoms with Gasteiger partial charge >= 0.3 is 18.1 Å². The van der Waals surface area contributed by atoms with Crippen LogP contribution >= 0.6 is 46.4 Å². The molecule has 4 unspecified atom stereocenters. The quantitative estimate of drug-likeness (QED) is 0.0582. The van der Waals surface area contributed by atoms with Gasteiger partial charge in [0.15, 0.2) is 13.2 Å². The molecule has 4 aromatic carbocycles. The van der Waals surface area contributed by atoms with E-state index >= 15 is 0 Å². The van der Waals surface area contributed by atoms with Crippen molar-refractivity contribution in [2.45, 2.75) is 43.3 Å². The lowest BCUT2D eigenvalue weighted by atomic mass is 10.2. The summed E-state index contributed by atoms with van der Waals surface area (Å²) in [7, 11) is 0. The lowest BCUT2D eigenvalue weighted by Gasteiger charge is -2.20. The zero-order valence-corrected chi connectivity index (χ0v) is 39.5. The van der Waals surface area contributed by atoms with E-state index in [0.29, 0.717) is 31.9 Å². The van der Waals surface area contributed by atoms with Crippen LogP contribution in [0.3, 0.4) is 0 Å². The minimum absolute atomic E-state index is 0.0000892. The monoisotopic (exact) mass is 1080 g/mol. The minimum atomic E-state index is -5.08. The molecule has 2 aliphatic heterocycles. The fourth-order valence-electron chi connectivity index (χ4n) is 6.06. The first kappa shape index (κ1) is 59.3. The van der Waals surface area contributed by atoms with Crippen molar-refractivity contribution in [3.05, 3.63) is 116 Å². The first-order chi connectivity index (χ1) is 32.9. The Bertz CT molecular complexity index is 2330. The molecular weight excluding hydrogens is 1040 g/mol. The van der Waals surface area contributed by atoms with E-state index in [-0.39, 0.29) is 75.2 Å². The number of ether oxygens (including phenoxy) is 4. The topological polar surface area (TPSA) is 214 Å². The molecule has 0 spiro atoms. The second-order valence-electron chi connectivity index (χ2n) is 15.1. The highest BCUT2D eigenvalue weighted by Crippen LogP contribution is 2.24. The van der Waals surface area contributed by atoms with E-state index in [9.17, 15) is 50.5 Å². The van der Waals surface area contributed by atoms with Crippen molar-refractivity contribution in [2.75, 3.05) is 65.7 Å². The zero-order chi connectivity index (χ0) is 52.1. The molecule has 0 saturated carbocycles. The molecule has 386 valence electrons. The predicted molar refractivity (Wildman–Crippen MR) is 243 cm³/mol. The van der Waals surface area contributed by atoms with Gasteiger partial charge in [-0.25, -0.2) is 27.2 Å². The van der Waals surface area contributed by atoms with E-state index in [4.69, 9.17) is 86.1 Å². The highest BCUT2D eigenvalue weighted by Gasteiger charge is 2.38. The number of carbonyl (C=O) groups is 3. The number of likely N-dealkylation sites (tertiary alicyclic amines) is 2. The van der Waals surface area contributed by atoms with Gasteiger partial charge in [0.1, 0.15) is 71.7 Å². The Hall–Kier alpha value is -5.04. The lowest BCUT2D eigenvalue weighted by molar-refractivity contribution is -0.192. The van der Waals surface area contributed by atoms with Gasteiger partial charge in [-0.3, -0.25) is 14.6 Å². The highest BCUT2D eigenvalue weighted by molar-refractivity contribution is 6.31. The van der Waals surface area contributed by atoms with Crippen LogP contribution in [0, 0.1) is 23.3 Å². The molecule has 1 amide bonds. The third-order valence-electron chi connectivity index (χ3n) is 9.31. The summed E-state index contributed by atoms with van der Waals surface area (Å²) >= 11 is 22.2. The molecule has 0 radical (unpaired) electrons. The maximum Gasteiger partial charge on any atom is 0.490 e. The number of carboxylic acid groups (broad SMARTS) is 2. The fourth-order valence-corrected chi connectivity index (χ4v) is 6.53. The summed E-state index contributed by atoms with van der Waals surface area (Å²) in [5, 5.41) is 38.3. The van der Waals surface area contributed by atoms with Gasteiger partial charge in [0.2, 0.25) is 0 Å². The molecule has 70 heavy (non-hydrogen) atoms. The number of aliphatic carboxylic acids is 2. The van der Waals surface area contributed by atoms with Gasteiger partial charge in [0, 0.05) is 69.1 Å². The first-order valence-electron chi connectivity index (χ1n) is 20.6. The molecule has 0 bridgehead atoms. The molecule has 15 nitrogen and oxygen atoms in total. The molecule has 4 aromatic rings. The Morgan fingerprint density at radius 3 is 1.33 bits per heavy atom. The summed E-state index contributed by atoms with van der Waals surface area (Å²) in [6.07, 6.45) is -4.81. The normalized spacial score (nSPS) is 16.5. The number of amides is 1. The number of aliphatic hydroxyl groups is 2. The molecule has 0 aliphatic carbocycles. The maximum absolute atomic E-state index is 13.4. The second kappa shape index (κ2) is 29.3. The number of rotatable bonds is 17. The van der Waals surface area contributed by atoms with Crippen LogP contribution in [0.4, 0.5) is 30.7 Å². The molecular formula is C44H47Cl4F7N4O11. The Morgan fingerprint density at radius 1 is 0.629 bits per heavy atom. The Labute approximate surface area is 416 Å². The van der Waals surface area contributed by atoms with Gasteiger partial charge in [0.05, 0.1) is 20.1 Å². The van der Waals surface area contributed by atoms with Crippen LogP contribution in [0.5, 0.6) is 23.0 Å². The van der Waals surface area contributed by atoms with Gasteiger partial charge in [0.25, 0.3) is 5.91 Å². The number of β-amino-alcohol motifs (C(OH)–C–C–N with tert-alkyl or cyclic N) is 2. The van der Waals surface area contributed by atoms with E-state index in [0.717, 1.165) is 44.1 Å². The molecule has 0 aromatic heterocycles. The van der Waals surface area contributed by atoms with Crippen LogP contribution in [0.15, 0.2) is 72.8 Å². The molecule has 7 N–H and O–H groups in total. The molecule has 2 fully saturated rings. The smallest absolute Gasteiger partial charge is 0.490 e. The van der Waals surface area contributed by atoms with Crippen LogP contribution < -0.4 is 30.0 Å². The van der Waals surface area contributed by atoms with Crippen molar-refractivity contribution in [1.82, 2.24) is 15.1 Å². The third kappa shape index (κ3) is 22.8. The van der Waals surface area contributed by atoms with E-state index < -0.39 is 60.2 Å². The number of hydrogen-bond donors (Lipinski definition) is 6. The number of alkyl halides is 3. The first-order valence-corrected chi connectivity index (χ1v) is 22.1. The van der Waals surface area contributed by atoms with Crippen LogP contribution in [-0.2, 0) is 14.4 Å². The maximum atomic E-state index is 13.4. The van der Waals surface area contributed by atoms with Crippen LogP contribution in [0.1, 0.15) is 12.8 Å². The van der Waals surface area contributed by atoms with Crippen LogP contribution in [-0.4, -0.2) is 144 Å². The molecule has 4 atom stereocenters. The van der Waals surface area contributed by atoms with E-state index in [1.807, 2.05) is 4.90 Å². The summed E-state index contributed by atoms with van der Waals surface area (Å²) in [5.74, 6) is -5.56. The minimum Gasteiger partial charge on any atom is -0.491 e. The Morgan fingerprint density at radius 2 is 0.986 bits per heavy atom. The Kier molecular flexibility index (Phi) is 24.8. The number of nitrogens with zero attached hydrogens (tertiary/aromatic N) is 2. The van der Waals surface area contributed by atoms with E-state index in [1.54, 1.807) is 6.07 Å². The van der Waals surface area contributed by atoms with E-state index in [1.165, 1.54) is 48.5 Å². The standard InChI is InChI=1S/C21H22Cl2F2N2O4.C13H18ClFN2O2.C8H6ClFO3.C2HF3O2/c22-17-3-1-15(7-19(17)24)30-11-14(28)10-27-6-5-13(9-27)26-21(29)12-31-16-2-4-18(23)20(25)8-16;14-12-2-1-11(5-13(12)15)19-8-10(18)7-17-4-3-9(16)6-17;9-6-2-1-5(3-7(6)10)13-4-8(11)12;3-2(4,5)1(6)7/h1-4,7-8,13-14,28H,5-6,9-12H2,(H,26,29);1-2,5,9-10,18H,3-4,6-8,16H2;1-3H,4H2,(H,11,12);(H,6,7). The summed E-state index contributed by atoms with van der Waals surface area (Å²) in [5.41, 5.74) is 5.79. The zero-order valence-electron chi connectivity index (χ0n) is 36.5. The summed E-state index contributed by atoms with van der Waals surface area (Å²) < 4.78 is 105. The van der Waals surface area contributed by atoms with Crippen LogP contribution in [0.25, 0.3) is 0 Å². The number of nitrogens with two attached hydrogens (primary N) is 1. The average molecular weight is 1080 g/mol. The second-order valence-corrected chi connectivity index (χ2v) is 16.8. The van der Waals surface area contributed by atoms with E-state index in [2.05, 4.69) is 10.2 Å². The third-order valence-corrected chi connectivity index (χ3v) is 10.5. The number of carbonyl (C=O) groups excluding carboxylic acids is 1. The highest BCUT2D eigenvalue weighted by atomic mass is 35.5. The van der Waals surface area contributed by atoms with Gasteiger partial charge < -0.3 is 50.4 Å². The molecule has 26 heteroatoms. The molecule has 2 heterocycles. The van der Waals surface area contributed by atoms with Crippen molar-refractivity contribution in [2.24, 2.45) is 5.73 Å². The number of carboxylic acids is 2. The van der Waals surface area contributed by atoms with Crippen LogP contribution in [0.2, 0.25) is 20.1 Å². The largest absolute Gasteiger partial charge is 0.491 e. The van der Waals surface area contributed by atoms with Gasteiger partial charge in [-0.05, 0) is 67.9 Å². The van der Waals surface area contributed by atoms with Crippen molar-refractivity contribution < 1.29 is 84.5 Å². The summed E-state index contributed by atoms with van der Waals surface area (Å²) in [6, 6.07) is 16.1. The van der Waals surface area contributed by atoms with Gasteiger partial charge in [-0.15, -0.1) is 0 Å². The number of aliphatic hydroxyl groups excluding tert-OH is 2. The Balaban J connectivity index is 0.000000281. The van der Waals surface area contributed by atoms with Crippen molar-refractivity contribution in [1.29, 1.82) is 0 Å². The fraction of sp³-hybridized carbons (Fsp3) is 0.386. The predicted octanol–water partition coefficient (Wildman–Crippen LogP) is 7.11.